The molecule has 1 aromatic carbocycles. The summed E-state index contributed by atoms with van der Waals surface area (Å²) in [7, 11) is -3.89. The molecule has 1 aliphatic rings. The average Bonchev–Trinajstić information content (AvgIpc) is 3.32. The van der Waals surface area contributed by atoms with Crippen LogP contribution in [0.25, 0.3) is 0 Å². The Kier molecular flexibility index (Phi) is 6.08. The smallest absolute Gasteiger partial charge is 0.262 e. The molecule has 6 nitrogen and oxygen atoms in total. The molecule has 140 valence electrons. The minimum Gasteiger partial charge on any atom is -0.387 e. The van der Waals surface area contributed by atoms with Gasteiger partial charge in [0.25, 0.3) is 5.91 Å². The summed E-state index contributed by atoms with van der Waals surface area (Å²) in [6, 6.07) is 10.4. The van der Waals surface area contributed by atoms with Crippen molar-refractivity contribution in [2.45, 2.75) is 42.7 Å². The Balaban J connectivity index is 1.67. The second-order valence-corrected chi connectivity index (χ2v) is 9.00. The van der Waals surface area contributed by atoms with Gasteiger partial charge in [0.1, 0.15) is 9.77 Å². The number of aliphatic hydroxyl groups excluding tert-OH is 1. The Morgan fingerprint density at radius 1 is 1.19 bits per heavy atom. The summed E-state index contributed by atoms with van der Waals surface area (Å²) in [5, 5.41) is 14.6. The summed E-state index contributed by atoms with van der Waals surface area (Å²) in [6.45, 7) is -0.161. The Morgan fingerprint density at radius 2 is 1.88 bits per heavy atom. The molecule has 0 bridgehead atoms. The summed E-state index contributed by atoms with van der Waals surface area (Å²) >= 11 is 1.10. The van der Waals surface area contributed by atoms with Gasteiger partial charge in [-0.2, -0.15) is 0 Å². The standard InChI is InChI=1S/C18H22N2O4S2/c21-15(13-6-2-1-3-7-13)12-19-26(23,24)16-10-11-25-17(16)18(22)20-14-8-4-5-9-14/h1-3,6-7,10-11,14-15,19,21H,4-5,8-9,12H2,(H,20,22). The van der Waals surface area contributed by atoms with E-state index in [4.69, 9.17) is 0 Å². The van der Waals surface area contributed by atoms with Crippen LogP contribution in [-0.2, 0) is 10.0 Å². The number of hydrogen-bond donors (Lipinski definition) is 3. The van der Waals surface area contributed by atoms with Crippen molar-refractivity contribution in [3.8, 4) is 0 Å². The van der Waals surface area contributed by atoms with E-state index in [1.165, 1.54) is 6.07 Å². The molecule has 1 saturated carbocycles. The van der Waals surface area contributed by atoms with Crippen molar-refractivity contribution in [3.05, 3.63) is 52.2 Å². The maximum absolute atomic E-state index is 12.6. The summed E-state index contributed by atoms with van der Waals surface area (Å²) in [5.74, 6) is -0.351. The van der Waals surface area contributed by atoms with Gasteiger partial charge in [-0.3, -0.25) is 4.79 Å². The van der Waals surface area contributed by atoms with E-state index in [1.807, 2.05) is 6.07 Å². The zero-order chi connectivity index (χ0) is 18.6. The molecule has 0 aliphatic heterocycles. The molecule has 1 amide bonds. The molecule has 3 N–H and O–H groups in total. The van der Waals surface area contributed by atoms with Crippen LogP contribution in [0.15, 0.2) is 46.7 Å². The van der Waals surface area contributed by atoms with Crippen LogP contribution in [-0.4, -0.2) is 32.0 Å². The average molecular weight is 395 g/mol. The number of nitrogens with one attached hydrogen (secondary N) is 2. The van der Waals surface area contributed by atoms with Gasteiger partial charge in [0.05, 0.1) is 6.10 Å². The highest BCUT2D eigenvalue weighted by Gasteiger charge is 2.26. The zero-order valence-corrected chi connectivity index (χ0v) is 15.9. The van der Waals surface area contributed by atoms with Crippen molar-refractivity contribution in [2.24, 2.45) is 0 Å². The molecule has 1 unspecified atom stereocenters. The third kappa shape index (κ3) is 4.50. The van der Waals surface area contributed by atoms with Crippen molar-refractivity contribution in [1.82, 2.24) is 10.0 Å². The van der Waals surface area contributed by atoms with E-state index >= 15 is 0 Å². The van der Waals surface area contributed by atoms with Gasteiger partial charge in [0.2, 0.25) is 10.0 Å². The van der Waals surface area contributed by atoms with Crippen LogP contribution in [0.2, 0.25) is 0 Å². The van der Waals surface area contributed by atoms with Gasteiger partial charge < -0.3 is 10.4 Å². The molecule has 0 radical (unpaired) electrons. The minimum atomic E-state index is -3.89. The largest absolute Gasteiger partial charge is 0.387 e. The summed E-state index contributed by atoms with van der Waals surface area (Å²) in [4.78, 5) is 12.6. The zero-order valence-electron chi connectivity index (χ0n) is 14.2. The van der Waals surface area contributed by atoms with Crippen LogP contribution in [0.4, 0.5) is 0 Å². The van der Waals surface area contributed by atoms with Crippen molar-refractivity contribution in [1.29, 1.82) is 0 Å². The van der Waals surface area contributed by atoms with E-state index in [2.05, 4.69) is 10.0 Å². The lowest BCUT2D eigenvalue weighted by Crippen LogP contribution is -2.34. The molecule has 26 heavy (non-hydrogen) atoms. The maximum atomic E-state index is 12.6. The number of thiophene rings is 1. The van der Waals surface area contributed by atoms with E-state index in [1.54, 1.807) is 29.6 Å². The number of carbonyl (C=O) groups excluding carboxylic acids is 1. The lowest BCUT2D eigenvalue weighted by molar-refractivity contribution is 0.0939. The molecular weight excluding hydrogens is 372 g/mol. The third-order valence-corrected chi connectivity index (χ3v) is 6.97. The molecule has 0 saturated heterocycles. The molecule has 1 fully saturated rings. The van der Waals surface area contributed by atoms with Crippen LogP contribution in [0.5, 0.6) is 0 Å². The minimum absolute atomic E-state index is 0.0433. The fourth-order valence-corrected chi connectivity index (χ4v) is 5.42. The van der Waals surface area contributed by atoms with Gasteiger partial charge in [0.15, 0.2) is 0 Å². The highest BCUT2D eigenvalue weighted by Crippen LogP contribution is 2.24. The van der Waals surface area contributed by atoms with Gasteiger partial charge >= 0.3 is 0 Å². The second-order valence-electron chi connectivity index (χ2n) is 6.35. The van der Waals surface area contributed by atoms with Crippen LogP contribution in [0.3, 0.4) is 0 Å². The van der Waals surface area contributed by atoms with Gasteiger partial charge in [-0.25, -0.2) is 13.1 Å². The summed E-state index contributed by atoms with van der Waals surface area (Å²) in [6.07, 6.45) is 3.07. The maximum Gasteiger partial charge on any atom is 0.262 e. The van der Waals surface area contributed by atoms with Crippen LogP contribution < -0.4 is 10.0 Å². The van der Waals surface area contributed by atoms with E-state index in [-0.39, 0.29) is 28.3 Å². The molecule has 3 rings (SSSR count). The number of carbonyl (C=O) groups is 1. The van der Waals surface area contributed by atoms with Crippen molar-refractivity contribution in [2.75, 3.05) is 6.54 Å². The highest BCUT2D eigenvalue weighted by molar-refractivity contribution is 7.89. The first-order chi connectivity index (χ1) is 12.5. The number of hydrogen-bond acceptors (Lipinski definition) is 5. The fraction of sp³-hybridized carbons (Fsp3) is 0.389. The number of rotatable bonds is 7. The molecule has 1 heterocycles. The molecule has 8 heteroatoms. The summed E-state index contributed by atoms with van der Waals surface area (Å²) < 4.78 is 27.6. The van der Waals surface area contributed by atoms with Crippen molar-refractivity contribution >= 4 is 27.3 Å². The Hall–Kier alpha value is -1.74. The Morgan fingerprint density at radius 3 is 2.58 bits per heavy atom. The lowest BCUT2D eigenvalue weighted by Gasteiger charge is -2.14. The lowest BCUT2D eigenvalue weighted by atomic mass is 10.1. The molecule has 1 atom stereocenters. The van der Waals surface area contributed by atoms with Crippen molar-refractivity contribution in [3.63, 3.8) is 0 Å². The quantitative estimate of drug-likeness (QED) is 0.672. The molecule has 1 aliphatic carbocycles. The first-order valence-corrected chi connectivity index (χ1v) is 10.9. The third-order valence-electron chi connectivity index (χ3n) is 4.47. The van der Waals surface area contributed by atoms with E-state index in [0.29, 0.717) is 5.56 Å². The summed E-state index contributed by atoms with van der Waals surface area (Å²) in [5.41, 5.74) is 0.625. The monoisotopic (exact) mass is 394 g/mol. The Labute approximate surface area is 157 Å². The van der Waals surface area contributed by atoms with Gasteiger partial charge in [-0.05, 0) is 29.9 Å². The normalized spacial score (nSPS) is 16.5. The SMILES string of the molecule is O=C(NC1CCCC1)c1sccc1S(=O)(=O)NCC(O)c1ccccc1. The predicted octanol–water partition coefficient (Wildman–Crippen LogP) is 2.43. The first kappa shape index (κ1) is 19.0. The number of amides is 1. The van der Waals surface area contributed by atoms with E-state index in [9.17, 15) is 18.3 Å². The van der Waals surface area contributed by atoms with Crippen LogP contribution in [0.1, 0.15) is 47.0 Å². The highest BCUT2D eigenvalue weighted by atomic mass is 32.2. The molecule has 0 spiro atoms. The van der Waals surface area contributed by atoms with E-state index < -0.39 is 16.1 Å². The predicted molar refractivity (Wildman–Crippen MR) is 101 cm³/mol. The van der Waals surface area contributed by atoms with Gasteiger partial charge in [-0.1, -0.05) is 43.2 Å². The van der Waals surface area contributed by atoms with E-state index in [0.717, 1.165) is 37.0 Å². The van der Waals surface area contributed by atoms with Gasteiger partial charge in [-0.15, -0.1) is 11.3 Å². The van der Waals surface area contributed by atoms with Crippen LogP contribution in [0, 0.1) is 0 Å². The fourth-order valence-electron chi connectivity index (χ4n) is 3.06. The van der Waals surface area contributed by atoms with Crippen molar-refractivity contribution < 1.29 is 18.3 Å². The number of sulfonamides is 1. The van der Waals surface area contributed by atoms with Crippen LogP contribution >= 0.6 is 11.3 Å². The van der Waals surface area contributed by atoms with Gasteiger partial charge in [0, 0.05) is 12.6 Å². The second kappa shape index (κ2) is 8.30. The topological polar surface area (TPSA) is 95.5 Å². The Bertz CT molecular complexity index is 843. The molecule has 1 aromatic heterocycles. The number of aliphatic hydroxyl groups is 1. The molecule has 2 aromatic rings. The molecular formula is C18H22N2O4S2. The first-order valence-electron chi connectivity index (χ1n) is 8.58. The number of benzene rings is 1.